The van der Waals surface area contributed by atoms with Crippen molar-refractivity contribution in [3.05, 3.63) is 77.1 Å². The third-order valence-electron chi connectivity index (χ3n) is 6.11. The zero-order chi connectivity index (χ0) is 24.7. The van der Waals surface area contributed by atoms with Crippen molar-refractivity contribution in [2.75, 3.05) is 39.5 Å². The molecule has 36 heavy (non-hydrogen) atoms. The Bertz CT molecular complexity index is 1340. The van der Waals surface area contributed by atoms with Crippen molar-refractivity contribution in [3.8, 4) is 28.4 Å². The van der Waals surface area contributed by atoms with Crippen LogP contribution in [0.25, 0.3) is 22.6 Å². The van der Waals surface area contributed by atoms with Crippen LogP contribution in [-0.4, -0.2) is 69.2 Å². The molecular formula is C26H30N7O3+. The Morgan fingerprint density at radius 3 is 2.72 bits per heavy atom. The lowest BCUT2D eigenvalue weighted by molar-refractivity contribution is -0.746. The van der Waals surface area contributed by atoms with Gasteiger partial charge in [0.25, 0.3) is 5.56 Å². The van der Waals surface area contributed by atoms with Crippen LogP contribution in [0.3, 0.4) is 0 Å². The molecule has 10 heteroatoms. The molecule has 1 saturated heterocycles. The summed E-state index contributed by atoms with van der Waals surface area (Å²) in [5.74, 6) is 1.24. The van der Waals surface area contributed by atoms with E-state index in [2.05, 4.69) is 32.0 Å². The Morgan fingerprint density at radius 1 is 1.11 bits per heavy atom. The fourth-order valence-electron chi connectivity index (χ4n) is 4.07. The standard InChI is InChI=1S/C26H29N7O3/c1-2-32-19-22(15-29-32)24-6-7-25(34)33(30-24)18-20-4-3-5-21(14-20)26-27-16-23(17-28-26)36-13-10-31-8-11-35-12-9-31/h3-7,14-17,19H,2,8-13,18H2,1H3/p+1. The van der Waals surface area contributed by atoms with Crippen molar-refractivity contribution in [2.45, 2.75) is 20.0 Å². The van der Waals surface area contributed by atoms with Crippen LogP contribution in [0.5, 0.6) is 5.75 Å². The fraction of sp³-hybridized carbons (Fsp3) is 0.346. The van der Waals surface area contributed by atoms with Gasteiger partial charge in [0.1, 0.15) is 6.61 Å². The van der Waals surface area contributed by atoms with Crippen molar-refractivity contribution in [1.82, 2.24) is 29.7 Å². The highest BCUT2D eigenvalue weighted by molar-refractivity contribution is 5.56. The van der Waals surface area contributed by atoms with E-state index in [1.165, 1.54) is 4.68 Å². The van der Waals surface area contributed by atoms with Gasteiger partial charge in [0, 0.05) is 31.3 Å². The van der Waals surface area contributed by atoms with Crippen molar-refractivity contribution in [3.63, 3.8) is 0 Å². The van der Waals surface area contributed by atoms with Gasteiger partial charge < -0.3 is 9.47 Å². The van der Waals surface area contributed by atoms with Gasteiger partial charge in [0.05, 0.1) is 49.6 Å². The first-order chi connectivity index (χ1) is 17.7. The van der Waals surface area contributed by atoms with E-state index >= 15 is 0 Å². The average Bonchev–Trinajstić information content (AvgIpc) is 3.41. The summed E-state index contributed by atoms with van der Waals surface area (Å²) in [6.07, 6.45) is 7.26. The molecule has 4 heterocycles. The number of morpholine rings is 1. The molecule has 186 valence electrons. The topological polar surface area (TPSA) is 102 Å². The SMILES string of the molecule is CC[n+]1cc(-c2ccc(=O)n(Cc3cccc(-c4ncc(OCCN5CCOCC5)cn4)c3)n2)c[nH]1. The van der Waals surface area contributed by atoms with Crippen molar-refractivity contribution >= 4 is 0 Å². The number of benzene rings is 1. The summed E-state index contributed by atoms with van der Waals surface area (Å²) < 4.78 is 14.6. The van der Waals surface area contributed by atoms with E-state index in [0.29, 0.717) is 24.7 Å². The molecule has 5 rings (SSSR count). The van der Waals surface area contributed by atoms with E-state index in [0.717, 1.165) is 61.8 Å². The van der Waals surface area contributed by atoms with Crippen LogP contribution < -0.4 is 15.0 Å². The molecule has 0 unspecified atom stereocenters. The van der Waals surface area contributed by atoms with E-state index in [9.17, 15) is 4.79 Å². The van der Waals surface area contributed by atoms with Crippen molar-refractivity contribution in [2.24, 2.45) is 0 Å². The van der Waals surface area contributed by atoms with E-state index < -0.39 is 0 Å². The second-order valence-corrected chi connectivity index (χ2v) is 8.60. The molecule has 1 aliphatic rings. The summed E-state index contributed by atoms with van der Waals surface area (Å²) in [5.41, 5.74) is 3.32. The molecule has 0 amide bonds. The summed E-state index contributed by atoms with van der Waals surface area (Å²) in [5, 5.41) is 7.73. The average molecular weight is 489 g/mol. The van der Waals surface area contributed by atoms with Gasteiger partial charge in [-0.25, -0.2) is 14.6 Å². The monoisotopic (exact) mass is 488 g/mol. The lowest BCUT2D eigenvalue weighted by Gasteiger charge is -2.26. The molecule has 1 fully saturated rings. The number of nitrogens with one attached hydrogen (secondary N) is 1. The van der Waals surface area contributed by atoms with Gasteiger partial charge in [-0.1, -0.05) is 18.2 Å². The summed E-state index contributed by atoms with van der Waals surface area (Å²) in [7, 11) is 0. The lowest BCUT2D eigenvalue weighted by Crippen LogP contribution is -2.38. The number of ether oxygens (including phenoxy) is 2. The predicted molar refractivity (Wildman–Crippen MR) is 133 cm³/mol. The lowest BCUT2D eigenvalue weighted by atomic mass is 10.1. The first-order valence-corrected chi connectivity index (χ1v) is 12.2. The predicted octanol–water partition coefficient (Wildman–Crippen LogP) is 1.76. The smallest absolute Gasteiger partial charge is 0.267 e. The maximum atomic E-state index is 12.5. The molecule has 0 aliphatic carbocycles. The van der Waals surface area contributed by atoms with E-state index in [-0.39, 0.29) is 5.56 Å². The van der Waals surface area contributed by atoms with Crippen LogP contribution in [0.1, 0.15) is 12.5 Å². The number of hydrogen-bond acceptors (Lipinski definition) is 7. The normalized spacial score (nSPS) is 14.1. The quantitative estimate of drug-likeness (QED) is 0.358. The summed E-state index contributed by atoms with van der Waals surface area (Å²) in [6.45, 7) is 8.09. The van der Waals surface area contributed by atoms with E-state index in [4.69, 9.17) is 9.47 Å². The second kappa shape index (κ2) is 11.2. The Balaban J connectivity index is 1.25. The van der Waals surface area contributed by atoms with Crippen molar-refractivity contribution < 1.29 is 14.2 Å². The minimum atomic E-state index is -0.155. The molecule has 1 aromatic carbocycles. The molecule has 0 radical (unpaired) electrons. The first kappa shape index (κ1) is 23.8. The molecule has 3 aromatic heterocycles. The Morgan fingerprint density at radius 2 is 1.94 bits per heavy atom. The van der Waals surface area contributed by atoms with Gasteiger partial charge in [-0.15, -0.1) is 4.68 Å². The minimum Gasteiger partial charge on any atom is -0.489 e. The molecule has 0 spiro atoms. The van der Waals surface area contributed by atoms with Gasteiger partial charge in [0.15, 0.2) is 18.1 Å². The number of nitrogens with zero attached hydrogens (tertiary/aromatic N) is 6. The number of aryl methyl sites for hydroxylation is 1. The Hall–Kier alpha value is -3.89. The molecule has 4 aromatic rings. The van der Waals surface area contributed by atoms with Gasteiger partial charge in [-0.2, -0.15) is 10.2 Å². The zero-order valence-corrected chi connectivity index (χ0v) is 20.3. The van der Waals surface area contributed by atoms with Gasteiger partial charge in [-0.05, 0) is 24.6 Å². The molecule has 0 bridgehead atoms. The first-order valence-electron chi connectivity index (χ1n) is 12.2. The summed E-state index contributed by atoms with van der Waals surface area (Å²) in [6, 6.07) is 11.1. The third kappa shape index (κ3) is 5.84. The van der Waals surface area contributed by atoms with Crippen LogP contribution in [0, 0.1) is 0 Å². The van der Waals surface area contributed by atoms with Crippen LogP contribution in [0.15, 0.2) is 66.0 Å². The number of hydrogen-bond donors (Lipinski definition) is 1. The largest absolute Gasteiger partial charge is 0.489 e. The summed E-state index contributed by atoms with van der Waals surface area (Å²) >= 11 is 0. The Kier molecular flexibility index (Phi) is 7.44. The van der Waals surface area contributed by atoms with Gasteiger partial charge in [-0.3, -0.25) is 9.69 Å². The molecule has 0 atom stereocenters. The summed E-state index contributed by atoms with van der Waals surface area (Å²) in [4.78, 5) is 23.8. The third-order valence-corrected chi connectivity index (χ3v) is 6.11. The minimum absolute atomic E-state index is 0.155. The Labute approximate surface area is 209 Å². The van der Waals surface area contributed by atoms with Crippen LogP contribution in [0.2, 0.25) is 0 Å². The van der Waals surface area contributed by atoms with Gasteiger partial charge in [0.2, 0.25) is 6.20 Å². The zero-order valence-electron chi connectivity index (χ0n) is 20.3. The highest BCUT2D eigenvalue weighted by atomic mass is 16.5. The van der Waals surface area contributed by atoms with Gasteiger partial charge >= 0.3 is 0 Å². The van der Waals surface area contributed by atoms with Crippen molar-refractivity contribution in [1.29, 1.82) is 0 Å². The van der Waals surface area contributed by atoms with Crippen LogP contribution in [-0.2, 0) is 17.8 Å². The second-order valence-electron chi connectivity index (χ2n) is 8.60. The fourth-order valence-corrected chi connectivity index (χ4v) is 4.07. The maximum absolute atomic E-state index is 12.5. The molecule has 0 saturated carbocycles. The highest BCUT2D eigenvalue weighted by Gasteiger charge is 2.12. The van der Waals surface area contributed by atoms with E-state index in [1.807, 2.05) is 41.3 Å². The number of aromatic nitrogens is 6. The molecule has 1 N–H and O–H groups in total. The molecular weight excluding hydrogens is 458 g/mol. The number of H-pyrrole nitrogens is 1. The highest BCUT2D eigenvalue weighted by Crippen LogP contribution is 2.19. The van der Waals surface area contributed by atoms with Crippen LogP contribution in [0.4, 0.5) is 0 Å². The maximum Gasteiger partial charge on any atom is 0.267 e. The number of aromatic amines is 1. The van der Waals surface area contributed by atoms with E-state index in [1.54, 1.807) is 24.5 Å². The van der Waals surface area contributed by atoms with Crippen LogP contribution >= 0.6 is 0 Å². The number of rotatable bonds is 9. The molecule has 10 nitrogen and oxygen atoms in total. The molecule has 1 aliphatic heterocycles.